The third kappa shape index (κ3) is 3.28. The van der Waals surface area contributed by atoms with E-state index in [-0.39, 0.29) is 12.4 Å². The first-order valence-electron chi connectivity index (χ1n) is 4.74. The molecule has 1 aromatic carbocycles. The topological polar surface area (TPSA) is 83.5 Å². The van der Waals surface area contributed by atoms with E-state index in [1.807, 2.05) is 0 Å². The highest BCUT2D eigenvalue weighted by molar-refractivity contribution is 5.91. The Kier molecular flexibility index (Phi) is 5.33. The van der Waals surface area contributed by atoms with E-state index in [4.69, 9.17) is 15.9 Å². The fourth-order valence-corrected chi connectivity index (χ4v) is 1.30. The lowest BCUT2D eigenvalue weighted by Crippen LogP contribution is -2.45. The summed E-state index contributed by atoms with van der Waals surface area (Å²) in [5.74, 6) is -7.67. The number of carbonyl (C=O) groups is 1. The van der Waals surface area contributed by atoms with Crippen LogP contribution in [0.3, 0.4) is 0 Å². The molecule has 0 unspecified atom stereocenters. The molecular weight excluding hydrogens is 313 g/mol. The molecule has 0 amide bonds. The molecule has 0 aliphatic heterocycles. The minimum Gasteiger partial charge on any atom is -0.507 e. The number of rotatable bonds is 3. The van der Waals surface area contributed by atoms with Gasteiger partial charge in [0.25, 0.3) is 0 Å². The molecule has 10 heteroatoms. The van der Waals surface area contributed by atoms with Gasteiger partial charge in [0.1, 0.15) is 17.4 Å². The molecule has 1 aromatic rings. The number of benzene rings is 1. The molecule has 1 rings (SSSR count). The van der Waals surface area contributed by atoms with Gasteiger partial charge >= 0.3 is 18.1 Å². The van der Waals surface area contributed by atoms with E-state index in [9.17, 15) is 26.7 Å². The average Bonchev–Trinajstić information content (AvgIpc) is 2.26. The summed E-state index contributed by atoms with van der Waals surface area (Å²) in [6, 6.07) is -0.912. The molecule has 0 saturated heterocycles. The van der Waals surface area contributed by atoms with Gasteiger partial charge in [-0.05, 0) is 17.7 Å². The Morgan fingerprint density at radius 2 is 1.70 bits per heavy atom. The standard InChI is InChI=1S/C10H8F5NO3.ClH/c11-9(12,10(13,14)15)7(16)4-1-2-6(17)5(3-4)8(18)19;/h1-3,7,17H,16H2,(H,18,19);1H/t7-;/m1./s1. The van der Waals surface area contributed by atoms with Crippen molar-refractivity contribution in [2.45, 2.75) is 18.1 Å². The largest absolute Gasteiger partial charge is 0.507 e. The van der Waals surface area contributed by atoms with Crippen molar-refractivity contribution in [2.75, 3.05) is 0 Å². The van der Waals surface area contributed by atoms with E-state index >= 15 is 0 Å². The molecule has 1 atom stereocenters. The highest BCUT2D eigenvalue weighted by atomic mass is 35.5. The normalized spacial score (nSPS) is 13.5. The minimum atomic E-state index is -5.87. The molecule has 4 nitrogen and oxygen atoms in total. The van der Waals surface area contributed by atoms with Crippen LogP contribution >= 0.6 is 12.4 Å². The second kappa shape index (κ2) is 5.80. The molecule has 0 fully saturated rings. The molecule has 0 aromatic heterocycles. The van der Waals surface area contributed by atoms with Crippen molar-refractivity contribution in [3.63, 3.8) is 0 Å². The van der Waals surface area contributed by atoms with Gasteiger partial charge < -0.3 is 15.9 Å². The van der Waals surface area contributed by atoms with Gasteiger partial charge in [0.2, 0.25) is 0 Å². The van der Waals surface area contributed by atoms with Crippen molar-refractivity contribution in [3.05, 3.63) is 29.3 Å². The maximum atomic E-state index is 13.0. The van der Waals surface area contributed by atoms with Crippen molar-refractivity contribution in [1.29, 1.82) is 0 Å². The summed E-state index contributed by atoms with van der Waals surface area (Å²) in [5.41, 5.74) is 3.27. The van der Waals surface area contributed by atoms with E-state index in [1.54, 1.807) is 0 Å². The van der Waals surface area contributed by atoms with Crippen LogP contribution in [0.1, 0.15) is 22.0 Å². The zero-order valence-electron chi connectivity index (χ0n) is 9.49. The number of hydrogen-bond acceptors (Lipinski definition) is 3. The minimum absolute atomic E-state index is 0. The van der Waals surface area contributed by atoms with Gasteiger partial charge in [-0.3, -0.25) is 0 Å². The van der Waals surface area contributed by atoms with Gasteiger partial charge in [0, 0.05) is 0 Å². The number of aromatic hydroxyl groups is 1. The van der Waals surface area contributed by atoms with E-state index in [0.29, 0.717) is 18.2 Å². The summed E-state index contributed by atoms with van der Waals surface area (Å²) >= 11 is 0. The first-order chi connectivity index (χ1) is 8.48. The van der Waals surface area contributed by atoms with Crippen LogP contribution in [0, 0.1) is 0 Å². The highest BCUT2D eigenvalue weighted by Crippen LogP contribution is 2.43. The molecule has 0 aliphatic rings. The van der Waals surface area contributed by atoms with Crippen LogP contribution in [0.25, 0.3) is 0 Å². The van der Waals surface area contributed by atoms with E-state index in [0.717, 1.165) is 0 Å². The van der Waals surface area contributed by atoms with Crippen LogP contribution in [-0.2, 0) is 0 Å². The summed E-state index contributed by atoms with van der Waals surface area (Å²) in [7, 11) is 0. The van der Waals surface area contributed by atoms with Crippen LogP contribution < -0.4 is 5.73 Å². The van der Waals surface area contributed by atoms with Crippen LogP contribution in [0.15, 0.2) is 18.2 Å². The molecular formula is C10H9ClF5NO3. The summed E-state index contributed by atoms with van der Waals surface area (Å²) in [4.78, 5) is 10.6. The molecule has 114 valence electrons. The Morgan fingerprint density at radius 1 is 1.20 bits per heavy atom. The third-order valence-corrected chi connectivity index (χ3v) is 2.38. The van der Waals surface area contributed by atoms with Crippen molar-refractivity contribution in [2.24, 2.45) is 5.73 Å². The number of carboxylic acid groups (broad SMARTS) is 1. The molecule has 20 heavy (non-hydrogen) atoms. The zero-order chi connectivity index (χ0) is 15.0. The highest BCUT2D eigenvalue weighted by Gasteiger charge is 2.61. The number of carboxylic acids is 1. The Labute approximate surface area is 115 Å². The second-order valence-electron chi connectivity index (χ2n) is 3.68. The van der Waals surface area contributed by atoms with Gasteiger partial charge in [-0.1, -0.05) is 6.07 Å². The van der Waals surface area contributed by atoms with Crippen LogP contribution in [-0.4, -0.2) is 28.3 Å². The number of nitrogens with two attached hydrogens (primary N) is 1. The molecule has 0 bridgehead atoms. The molecule has 0 aliphatic carbocycles. The Bertz CT molecular complexity index is 506. The smallest absolute Gasteiger partial charge is 0.455 e. The van der Waals surface area contributed by atoms with Crippen molar-refractivity contribution < 1.29 is 37.0 Å². The third-order valence-electron chi connectivity index (χ3n) is 2.38. The molecule has 0 radical (unpaired) electrons. The summed E-state index contributed by atoms with van der Waals surface area (Å²) in [6.07, 6.45) is -5.87. The molecule has 0 saturated carbocycles. The average molecular weight is 322 g/mol. The fourth-order valence-electron chi connectivity index (χ4n) is 1.30. The van der Waals surface area contributed by atoms with Gasteiger partial charge in [0.15, 0.2) is 0 Å². The van der Waals surface area contributed by atoms with Crippen molar-refractivity contribution in [3.8, 4) is 5.75 Å². The zero-order valence-corrected chi connectivity index (χ0v) is 10.3. The SMILES string of the molecule is Cl.N[C@H](c1ccc(O)c(C(=O)O)c1)C(F)(F)C(F)(F)F. The van der Waals surface area contributed by atoms with E-state index in [2.05, 4.69) is 0 Å². The van der Waals surface area contributed by atoms with Gasteiger partial charge in [-0.15, -0.1) is 12.4 Å². The lowest BCUT2D eigenvalue weighted by atomic mass is 9.98. The van der Waals surface area contributed by atoms with Crippen LogP contribution in [0.5, 0.6) is 5.75 Å². The predicted octanol–water partition coefficient (Wildman–Crippen LogP) is 2.71. The second-order valence-corrected chi connectivity index (χ2v) is 3.68. The number of phenols is 1. The fraction of sp³-hybridized carbons (Fsp3) is 0.300. The number of aromatic carboxylic acids is 1. The van der Waals surface area contributed by atoms with E-state index < -0.39 is 41.0 Å². The number of alkyl halides is 5. The van der Waals surface area contributed by atoms with Crippen molar-refractivity contribution in [1.82, 2.24) is 0 Å². The quantitative estimate of drug-likeness (QED) is 0.747. The lowest BCUT2D eigenvalue weighted by molar-refractivity contribution is -0.291. The van der Waals surface area contributed by atoms with Crippen molar-refractivity contribution >= 4 is 18.4 Å². The van der Waals surface area contributed by atoms with E-state index in [1.165, 1.54) is 0 Å². The Hall–Kier alpha value is -1.61. The lowest BCUT2D eigenvalue weighted by Gasteiger charge is -2.26. The van der Waals surface area contributed by atoms with Crippen LogP contribution in [0.2, 0.25) is 0 Å². The Balaban J connectivity index is 0.00000361. The maximum absolute atomic E-state index is 13.0. The first kappa shape index (κ1) is 18.4. The summed E-state index contributed by atoms with van der Waals surface area (Å²) in [5, 5.41) is 17.7. The van der Waals surface area contributed by atoms with Gasteiger partial charge in [-0.2, -0.15) is 22.0 Å². The summed E-state index contributed by atoms with van der Waals surface area (Å²) < 4.78 is 62.3. The number of halogens is 6. The summed E-state index contributed by atoms with van der Waals surface area (Å²) in [6.45, 7) is 0. The Morgan fingerprint density at radius 3 is 2.10 bits per heavy atom. The molecule has 4 N–H and O–H groups in total. The van der Waals surface area contributed by atoms with Crippen LogP contribution in [0.4, 0.5) is 22.0 Å². The first-order valence-corrected chi connectivity index (χ1v) is 4.74. The maximum Gasteiger partial charge on any atom is 0.455 e. The molecule has 0 spiro atoms. The predicted molar refractivity (Wildman–Crippen MR) is 60.2 cm³/mol. The molecule has 0 heterocycles. The van der Waals surface area contributed by atoms with Gasteiger partial charge in [0.05, 0.1) is 0 Å². The van der Waals surface area contributed by atoms with Gasteiger partial charge in [-0.25, -0.2) is 4.79 Å². The number of hydrogen-bond donors (Lipinski definition) is 3. The monoisotopic (exact) mass is 321 g/mol.